The van der Waals surface area contributed by atoms with Gasteiger partial charge in [-0.15, -0.1) is 11.3 Å². The third-order valence-corrected chi connectivity index (χ3v) is 3.84. The quantitative estimate of drug-likeness (QED) is 0.593. The maximum absolute atomic E-state index is 3.12. The lowest BCUT2D eigenvalue weighted by Gasteiger charge is -1.96. The van der Waals surface area contributed by atoms with Crippen molar-refractivity contribution in [2.75, 3.05) is 0 Å². The molecule has 3 rings (SSSR count). The monoisotopic (exact) mass is 235 g/mol. The number of rotatable bonds is 2. The number of hydrogen-bond acceptors (Lipinski definition) is 1. The van der Waals surface area contributed by atoms with E-state index in [1.165, 1.54) is 20.9 Å². The Kier molecular flexibility index (Phi) is 2.76. The molecule has 0 unspecified atom stereocenters. The molecule has 81 valence electrons. The first kappa shape index (κ1) is 10.3. The highest BCUT2D eigenvalue weighted by Gasteiger charge is 2.03. The zero-order valence-corrected chi connectivity index (χ0v) is 10.1. The van der Waals surface area contributed by atoms with Gasteiger partial charge in [0.25, 0.3) is 0 Å². The SMILES string of the molecule is [c]1cccc(-c2ccc(-c3ccccc3)s2)c1. The summed E-state index contributed by atoms with van der Waals surface area (Å²) in [6, 6.07) is 26.1. The van der Waals surface area contributed by atoms with Crippen LogP contribution < -0.4 is 0 Å². The maximum atomic E-state index is 3.12. The topological polar surface area (TPSA) is 0 Å². The van der Waals surface area contributed by atoms with Crippen LogP contribution in [0.25, 0.3) is 20.9 Å². The first-order valence-electron chi connectivity index (χ1n) is 5.55. The average Bonchev–Trinajstić information content (AvgIpc) is 2.90. The molecule has 2 aromatic carbocycles. The van der Waals surface area contributed by atoms with Gasteiger partial charge in [-0.1, -0.05) is 48.5 Å². The Morgan fingerprint density at radius 1 is 0.706 bits per heavy atom. The lowest BCUT2D eigenvalue weighted by atomic mass is 10.2. The Balaban J connectivity index is 1.99. The first-order chi connectivity index (χ1) is 8.43. The molecule has 0 nitrogen and oxygen atoms in total. The van der Waals surface area contributed by atoms with Gasteiger partial charge in [-0.25, -0.2) is 0 Å². The van der Waals surface area contributed by atoms with Crippen LogP contribution in [-0.4, -0.2) is 0 Å². The molecule has 0 aliphatic carbocycles. The third kappa shape index (κ3) is 2.15. The molecule has 1 heteroatoms. The third-order valence-electron chi connectivity index (χ3n) is 2.66. The van der Waals surface area contributed by atoms with Crippen molar-refractivity contribution in [2.24, 2.45) is 0 Å². The highest BCUT2D eigenvalue weighted by Crippen LogP contribution is 2.33. The van der Waals surface area contributed by atoms with Crippen LogP contribution in [0, 0.1) is 6.07 Å². The van der Waals surface area contributed by atoms with Gasteiger partial charge < -0.3 is 0 Å². The van der Waals surface area contributed by atoms with Crippen LogP contribution in [0.3, 0.4) is 0 Å². The van der Waals surface area contributed by atoms with Gasteiger partial charge >= 0.3 is 0 Å². The molecule has 3 aromatic rings. The van der Waals surface area contributed by atoms with E-state index in [1.54, 1.807) is 0 Å². The molecule has 0 atom stereocenters. The highest BCUT2D eigenvalue weighted by molar-refractivity contribution is 7.18. The lowest BCUT2D eigenvalue weighted by Crippen LogP contribution is -1.69. The fourth-order valence-electron chi connectivity index (χ4n) is 1.80. The molecule has 1 heterocycles. The summed E-state index contributed by atoms with van der Waals surface area (Å²) in [6.07, 6.45) is 0. The van der Waals surface area contributed by atoms with Crippen molar-refractivity contribution in [1.82, 2.24) is 0 Å². The lowest BCUT2D eigenvalue weighted by molar-refractivity contribution is 1.68. The van der Waals surface area contributed by atoms with Crippen LogP contribution in [0.15, 0.2) is 66.7 Å². The molecule has 0 amide bonds. The van der Waals surface area contributed by atoms with Gasteiger partial charge in [-0.05, 0) is 35.4 Å². The molecule has 17 heavy (non-hydrogen) atoms. The predicted octanol–water partition coefficient (Wildman–Crippen LogP) is 4.88. The Morgan fingerprint density at radius 2 is 1.41 bits per heavy atom. The van der Waals surface area contributed by atoms with Crippen LogP contribution in [0.2, 0.25) is 0 Å². The minimum absolute atomic E-state index is 1.24. The standard InChI is InChI=1S/C16H11S/c1-3-7-13(8-4-1)15-11-12-16(17-15)14-9-5-2-6-10-14/h1-5,7-12H. The molecule has 0 aliphatic heterocycles. The highest BCUT2D eigenvalue weighted by atomic mass is 32.1. The Morgan fingerprint density at radius 3 is 2.12 bits per heavy atom. The van der Waals surface area contributed by atoms with Crippen LogP contribution in [0.4, 0.5) is 0 Å². The minimum atomic E-state index is 1.24. The molecular weight excluding hydrogens is 224 g/mol. The smallest absolute Gasteiger partial charge is 0.0349 e. The Bertz CT molecular complexity index is 540. The van der Waals surface area contributed by atoms with E-state index in [0.717, 1.165) is 0 Å². The van der Waals surface area contributed by atoms with Crippen LogP contribution in [-0.2, 0) is 0 Å². The van der Waals surface area contributed by atoms with E-state index in [2.05, 4.69) is 48.5 Å². The normalized spacial score (nSPS) is 10.4. The number of benzene rings is 2. The van der Waals surface area contributed by atoms with Gasteiger partial charge in [0.05, 0.1) is 0 Å². The van der Waals surface area contributed by atoms with Crippen molar-refractivity contribution in [3.63, 3.8) is 0 Å². The summed E-state index contributed by atoms with van der Waals surface area (Å²) in [5.41, 5.74) is 2.52. The second kappa shape index (κ2) is 4.56. The number of thiophene rings is 1. The summed E-state index contributed by atoms with van der Waals surface area (Å²) < 4.78 is 0. The average molecular weight is 235 g/mol. The maximum Gasteiger partial charge on any atom is 0.0349 e. The van der Waals surface area contributed by atoms with E-state index in [0.29, 0.717) is 0 Å². The summed E-state index contributed by atoms with van der Waals surface area (Å²) in [5, 5.41) is 0. The summed E-state index contributed by atoms with van der Waals surface area (Å²) in [6.45, 7) is 0. The summed E-state index contributed by atoms with van der Waals surface area (Å²) in [5.74, 6) is 0. The molecule has 0 saturated carbocycles. The van der Waals surface area contributed by atoms with Crippen molar-refractivity contribution in [1.29, 1.82) is 0 Å². The van der Waals surface area contributed by atoms with Crippen molar-refractivity contribution >= 4 is 11.3 Å². The zero-order valence-electron chi connectivity index (χ0n) is 9.26. The summed E-state index contributed by atoms with van der Waals surface area (Å²) in [7, 11) is 0. The van der Waals surface area contributed by atoms with Gasteiger partial charge in [-0.2, -0.15) is 0 Å². The van der Waals surface area contributed by atoms with E-state index in [1.807, 2.05) is 35.6 Å². The summed E-state index contributed by atoms with van der Waals surface area (Å²) in [4.78, 5) is 2.60. The van der Waals surface area contributed by atoms with Crippen LogP contribution in [0.1, 0.15) is 0 Å². The molecule has 1 aromatic heterocycles. The fourth-order valence-corrected chi connectivity index (χ4v) is 2.81. The van der Waals surface area contributed by atoms with Crippen LogP contribution in [0.5, 0.6) is 0 Å². The molecule has 0 bridgehead atoms. The molecule has 0 spiro atoms. The minimum Gasteiger partial charge on any atom is -0.135 e. The Labute approximate surface area is 105 Å². The molecule has 0 aliphatic rings. The predicted molar refractivity (Wildman–Crippen MR) is 74.0 cm³/mol. The van der Waals surface area contributed by atoms with Gasteiger partial charge in [0, 0.05) is 9.75 Å². The van der Waals surface area contributed by atoms with Crippen molar-refractivity contribution in [3.05, 3.63) is 72.8 Å². The van der Waals surface area contributed by atoms with Gasteiger partial charge in [0.15, 0.2) is 0 Å². The van der Waals surface area contributed by atoms with Crippen molar-refractivity contribution in [3.8, 4) is 20.9 Å². The van der Waals surface area contributed by atoms with Crippen molar-refractivity contribution < 1.29 is 0 Å². The van der Waals surface area contributed by atoms with E-state index in [-0.39, 0.29) is 0 Å². The van der Waals surface area contributed by atoms with E-state index < -0.39 is 0 Å². The van der Waals surface area contributed by atoms with Gasteiger partial charge in [0.1, 0.15) is 0 Å². The zero-order chi connectivity index (χ0) is 11.5. The summed E-state index contributed by atoms with van der Waals surface area (Å²) >= 11 is 1.82. The largest absolute Gasteiger partial charge is 0.135 e. The molecule has 0 fully saturated rings. The molecule has 0 saturated heterocycles. The number of hydrogen-bond donors (Lipinski definition) is 0. The van der Waals surface area contributed by atoms with Crippen LogP contribution >= 0.6 is 11.3 Å². The molecular formula is C16H11S. The van der Waals surface area contributed by atoms with E-state index in [4.69, 9.17) is 0 Å². The van der Waals surface area contributed by atoms with E-state index in [9.17, 15) is 0 Å². The second-order valence-electron chi connectivity index (χ2n) is 3.82. The first-order valence-corrected chi connectivity index (χ1v) is 6.37. The molecule has 1 radical (unpaired) electrons. The fraction of sp³-hybridized carbons (Fsp3) is 0. The van der Waals surface area contributed by atoms with Gasteiger partial charge in [0.2, 0.25) is 0 Å². The molecule has 0 N–H and O–H groups in total. The second-order valence-corrected chi connectivity index (χ2v) is 4.91. The van der Waals surface area contributed by atoms with E-state index >= 15 is 0 Å². The van der Waals surface area contributed by atoms with Crippen molar-refractivity contribution in [2.45, 2.75) is 0 Å². The van der Waals surface area contributed by atoms with Gasteiger partial charge in [-0.3, -0.25) is 0 Å². The Hall–Kier alpha value is -1.86.